The zero-order valence-corrected chi connectivity index (χ0v) is 11.4. The average molecular weight is 238 g/mol. The summed E-state index contributed by atoms with van der Waals surface area (Å²) < 4.78 is 0. The molecule has 3 aliphatic carbocycles. The molecule has 0 aromatic rings. The molecule has 0 aromatic heterocycles. The molecule has 0 saturated heterocycles. The van der Waals surface area contributed by atoms with Gasteiger partial charge in [0.1, 0.15) is 0 Å². The Morgan fingerprint density at radius 2 is 1.71 bits per heavy atom. The minimum Gasteiger partial charge on any atom is -0.393 e. The summed E-state index contributed by atoms with van der Waals surface area (Å²) in [5.41, 5.74) is -0.121. The number of hydrogen-bond donors (Lipinski definition) is 2. The molecule has 3 fully saturated rings. The summed E-state index contributed by atoms with van der Waals surface area (Å²) in [6.45, 7) is 6.86. The van der Waals surface area contributed by atoms with Crippen LogP contribution in [0.1, 0.15) is 59.3 Å². The zero-order chi connectivity index (χ0) is 12.5. The Kier molecular flexibility index (Phi) is 2.30. The van der Waals surface area contributed by atoms with E-state index in [1.807, 2.05) is 0 Å². The lowest BCUT2D eigenvalue weighted by molar-refractivity contribution is -0.176. The van der Waals surface area contributed by atoms with Gasteiger partial charge in [-0.2, -0.15) is 0 Å². The van der Waals surface area contributed by atoms with Crippen molar-refractivity contribution in [1.29, 1.82) is 0 Å². The minimum atomic E-state index is -0.481. The van der Waals surface area contributed by atoms with E-state index in [1.165, 1.54) is 12.8 Å². The quantitative estimate of drug-likeness (QED) is 0.681. The monoisotopic (exact) mass is 238 g/mol. The largest absolute Gasteiger partial charge is 0.393 e. The molecule has 0 amide bonds. The molecule has 2 heteroatoms. The van der Waals surface area contributed by atoms with E-state index < -0.39 is 5.60 Å². The molecule has 98 valence electrons. The third kappa shape index (κ3) is 1.53. The number of aliphatic hydroxyl groups excluding tert-OH is 1. The highest BCUT2D eigenvalue weighted by molar-refractivity contribution is 5.12. The van der Waals surface area contributed by atoms with Crippen LogP contribution in [0.15, 0.2) is 0 Å². The van der Waals surface area contributed by atoms with Crippen LogP contribution in [0.3, 0.4) is 0 Å². The van der Waals surface area contributed by atoms with E-state index in [0.29, 0.717) is 17.3 Å². The molecular weight excluding hydrogens is 212 g/mol. The molecular formula is C15H26O2. The predicted octanol–water partition coefficient (Wildman–Crippen LogP) is 2.72. The standard InChI is InChI=1S/C15H26O2/c1-13(2)8-11-10(13)4-6-14(3)9-15(11,17)7-5-12(14)16/h10-12,16-17H,4-9H2,1-3H3/t10-,11+,12+,14+,15-/m0/s1. The maximum Gasteiger partial charge on any atom is 0.0686 e. The fourth-order valence-corrected chi connectivity index (χ4v) is 5.10. The van der Waals surface area contributed by atoms with Gasteiger partial charge in [-0.15, -0.1) is 0 Å². The van der Waals surface area contributed by atoms with Gasteiger partial charge < -0.3 is 10.2 Å². The maximum atomic E-state index is 11.0. The Morgan fingerprint density at radius 3 is 2.35 bits per heavy atom. The van der Waals surface area contributed by atoms with Crippen LogP contribution in [0.2, 0.25) is 0 Å². The van der Waals surface area contributed by atoms with Crippen molar-refractivity contribution in [2.24, 2.45) is 22.7 Å². The predicted molar refractivity (Wildman–Crippen MR) is 67.5 cm³/mol. The number of rotatable bonds is 0. The summed E-state index contributed by atoms with van der Waals surface area (Å²) in [6.07, 6.45) is 5.65. The van der Waals surface area contributed by atoms with Crippen molar-refractivity contribution in [2.45, 2.75) is 71.0 Å². The molecule has 2 N–H and O–H groups in total. The van der Waals surface area contributed by atoms with Crippen molar-refractivity contribution in [3.8, 4) is 0 Å². The Bertz CT molecular complexity index is 338. The van der Waals surface area contributed by atoms with Crippen molar-refractivity contribution >= 4 is 0 Å². The van der Waals surface area contributed by atoms with Gasteiger partial charge >= 0.3 is 0 Å². The second kappa shape index (κ2) is 3.27. The van der Waals surface area contributed by atoms with Gasteiger partial charge in [0.2, 0.25) is 0 Å². The first-order chi connectivity index (χ1) is 7.77. The maximum absolute atomic E-state index is 11.0. The highest BCUT2D eigenvalue weighted by Gasteiger charge is 2.61. The Hall–Kier alpha value is -0.0800. The number of hydrogen-bond acceptors (Lipinski definition) is 2. The summed E-state index contributed by atoms with van der Waals surface area (Å²) in [5.74, 6) is 1.16. The van der Waals surface area contributed by atoms with Gasteiger partial charge in [0.25, 0.3) is 0 Å². The van der Waals surface area contributed by atoms with Gasteiger partial charge in [0, 0.05) is 0 Å². The first-order valence-electron chi connectivity index (χ1n) is 7.17. The topological polar surface area (TPSA) is 40.5 Å². The Balaban J connectivity index is 1.93. The van der Waals surface area contributed by atoms with Crippen LogP contribution in [0.4, 0.5) is 0 Å². The van der Waals surface area contributed by atoms with Crippen LogP contribution in [-0.2, 0) is 0 Å². The van der Waals surface area contributed by atoms with Crippen LogP contribution in [0.25, 0.3) is 0 Å². The van der Waals surface area contributed by atoms with E-state index in [-0.39, 0.29) is 11.5 Å². The van der Waals surface area contributed by atoms with Crippen molar-refractivity contribution in [2.75, 3.05) is 0 Å². The van der Waals surface area contributed by atoms with Crippen LogP contribution in [-0.4, -0.2) is 21.9 Å². The van der Waals surface area contributed by atoms with E-state index in [9.17, 15) is 10.2 Å². The summed E-state index contributed by atoms with van der Waals surface area (Å²) in [6, 6.07) is 0. The summed E-state index contributed by atoms with van der Waals surface area (Å²) in [7, 11) is 0. The molecule has 0 aliphatic heterocycles. The second-order valence-electron chi connectivity index (χ2n) is 7.93. The lowest BCUT2D eigenvalue weighted by Crippen LogP contribution is -2.57. The molecule has 5 atom stereocenters. The van der Waals surface area contributed by atoms with Crippen molar-refractivity contribution < 1.29 is 10.2 Å². The van der Waals surface area contributed by atoms with Gasteiger partial charge in [0.05, 0.1) is 11.7 Å². The van der Waals surface area contributed by atoms with Gasteiger partial charge in [0.15, 0.2) is 0 Å². The number of fused-ring (bicyclic) bond motifs is 4. The van der Waals surface area contributed by atoms with Crippen LogP contribution >= 0.6 is 0 Å². The third-order valence-corrected chi connectivity index (χ3v) is 6.32. The summed E-state index contributed by atoms with van der Waals surface area (Å²) in [5, 5.41) is 21.2. The van der Waals surface area contributed by atoms with Gasteiger partial charge in [-0.1, -0.05) is 20.8 Å². The first kappa shape index (κ1) is 12.0. The van der Waals surface area contributed by atoms with Crippen LogP contribution in [0.5, 0.6) is 0 Å². The van der Waals surface area contributed by atoms with Crippen molar-refractivity contribution in [3.63, 3.8) is 0 Å². The zero-order valence-electron chi connectivity index (χ0n) is 11.4. The molecule has 0 radical (unpaired) electrons. The molecule has 3 saturated carbocycles. The molecule has 3 rings (SSSR count). The highest BCUT2D eigenvalue weighted by atomic mass is 16.3. The fraction of sp³-hybridized carbons (Fsp3) is 1.00. The smallest absolute Gasteiger partial charge is 0.0686 e. The molecule has 0 heterocycles. The first-order valence-corrected chi connectivity index (χ1v) is 7.17. The summed E-state index contributed by atoms with van der Waals surface area (Å²) in [4.78, 5) is 0. The highest BCUT2D eigenvalue weighted by Crippen LogP contribution is 2.64. The average Bonchev–Trinajstić information content (AvgIpc) is 2.28. The van der Waals surface area contributed by atoms with E-state index in [0.717, 1.165) is 25.7 Å². The van der Waals surface area contributed by atoms with E-state index in [1.54, 1.807) is 0 Å². The molecule has 2 nitrogen and oxygen atoms in total. The van der Waals surface area contributed by atoms with Gasteiger partial charge in [-0.05, 0) is 61.2 Å². The van der Waals surface area contributed by atoms with Gasteiger partial charge in [-0.3, -0.25) is 0 Å². The Labute approximate surface area is 104 Å². The van der Waals surface area contributed by atoms with E-state index in [2.05, 4.69) is 20.8 Å². The second-order valence-corrected chi connectivity index (χ2v) is 7.93. The third-order valence-electron chi connectivity index (χ3n) is 6.32. The molecule has 2 bridgehead atoms. The van der Waals surface area contributed by atoms with Crippen LogP contribution in [0, 0.1) is 22.7 Å². The van der Waals surface area contributed by atoms with Crippen molar-refractivity contribution in [3.05, 3.63) is 0 Å². The van der Waals surface area contributed by atoms with E-state index in [4.69, 9.17) is 0 Å². The molecule has 0 unspecified atom stereocenters. The molecule has 0 spiro atoms. The normalized spacial score (nSPS) is 56.6. The lowest BCUT2D eigenvalue weighted by Gasteiger charge is -2.58. The van der Waals surface area contributed by atoms with Crippen LogP contribution < -0.4 is 0 Å². The Morgan fingerprint density at radius 1 is 1.00 bits per heavy atom. The minimum absolute atomic E-state index is 0.0413. The van der Waals surface area contributed by atoms with E-state index >= 15 is 0 Å². The van der Waals surface area contributed by atoms with Gasteiger partial charge in [-0.25, -0.2) is 0 Å². The molecule has 0 aromatic carbocycles. The lowest BCUT2D eigenvalue weighted by atomic mass is 9.49. The SMILES string of the molecule is CC1(C)C[C@@H]2[C@@H]1CC[C@]1(C)C[C@@]2(O)CC[C@H]1O. The number of aliphatic hydroxyl groups is 2. The van der Waals surface area contributed by atoms with Crippen molar-refractivity contribution in [1.82, 2.24) is 0 Å². The fourth-order valence-electron chi connectivity index (χ4n) is 5.10. The molecule has 17 heavy (non-hydrogen) atoms. The molecule has 3 aliphatic rings. The summed E-state index contributed by atoms with van der Waals surface area (Å²) >= 11 is 0.